The predicted molar refractivity (Wildman–Crippen MR) is 85.4 cm³/mol. The average Bonchev–Trinajstić information content (AvgIpc) is 2.89. The number of halogens is 2. The van der Waals surface area contributed by atoms with Crippen molar-refractivity contribution in [2.45, 2.75) is 33.2 Å². The lowest BCUT2D eigenvalue weighted by Gasteiger charge is -2.19. The predicted octanol–water partition coefficient (Wildman–Crippen LogP) is 5.11. The Morgan fingerprint density at radius 2 is 2.05 bits per heavy atom. The Kier molecular flexibility index (Phi) is 5.19. The third-order valence-electron chi connectivity index (χ3n) is 3.31. The molecule has 0 bridgehead atoms. The molecule has 2 rings (SSSR count). The Hall–Kier alpha value is -0.900. The summed E-state index contributed by atoms with van der Waals surface area (Å²) in [5.41, 5.74) is 1.57. The molecule has 0 aliphatic carbocycles. The summed E-state index contributed by atoms with van der Waals surface area (Å²) in [4.78, 5) is 2.56. The molecule has 0 amide bonds. The van der Waals surface area contributed by atoms with Crippen LogP contribution in [0.25, 0.3) is 0 Å². The van der Waals surface area contributed by atoms with Gasteiger partial charge in [0.25, 0.3) is 0 Å². The van der Waals surface area contributed by atoms with E-state index in [9.17, 15) is 4.39 Å². The summed E-state index contributed by atoms with van der Waals surface area (Å²) in [6, 6.07) is 7.55. The van der Waals surface area contributed by atoms with Gasteiger partial charge < -0.3 is 5.32 Å². The van der Waals surface area contributed by atoms with Crippen molar-refractivity contribution in [3.05, 3.63) is 56.0 Å². The number of hydrogen-bond donors (Lipinski definition) is 1. The van der Waals surface area contributed by atoms with Crippen LogP contribution in [0.15, 0.2) is 24.3 Å². The van der Waals surface area contributed by atoms with Gasteiger partial charge in [0.15, 0.2) is 0 Å². The molecule has 1 N–H and O–H groups in total. The number of hydrogen-bond acceptors (Lipinski definition) is 2. The van der Waals surface area contributed by atoms with E-state index in [2.05, 4.69) is 31.3 Å². The van der Waals surface area contributed by atoms with Crippen molar-refractivity contribution in [2.24, 2.45) is 0 Å². The highest BCUT2D eigenvalue weighted by atomic mass is 35.5. The normalized spacial score (nSPS) is 12.7. The van der Waals surface area contributed by atoms with Crippen LogP contribution in [0, 0.1) is 12.7 Å². The van der Waals surface area contributed by atoms with Gasteiger partial charge in [-0.1, -0.05) is 25.4 Å². The molecule has 108 valence electrons. The van der Waals surface area contributed by atoms with Gasteiger partial charge in [-0.2, -0.15) is 0 Å². The molecule has 1 heterocycles. The maximum atomic E-state index is 13.6. The van der Waals surface area contributed by atoms with E-state index in [-0.39, 0.29) is 11.9 Å². The van der Waals surface area contributed by atoms with E-state index in [0.717, 1.165) is 18.5 Å². The summed E-state index contributed by atoms with van der Waals surface area (Å²) in [5.74, 6) is -0.255. The van der Waals surface area contributed by atoms with Crippen molar-refractivity contribution in [1.29, 1.82) is 0 Å². The van der Waals surface area contributed by atoms with E-state index in [1.807, 2.05) is 6.07 Å². The van der Waals surface area contributed by atoms with E-state index in [1.54, 1.807) is 18.3 Å². The van der Waals surface area contributed by atoms with E-state index in [0.29, 0.717) is 10.6 Å². The number of nitrogens with one attached hydrogen (secondary N) is 1. The van der Waals surface area contributed by atoms with Crippen molar-refractivity contribution in [3.8, 4) is 0 Å². The van der Waals surface area contributed by atoms with Crippen molar-refractivity contribution in [2.75, 3.05) is 6.54 Å². The smallest absolute Gasteiger partial charge is 0.127 e. The van der Waals surface area contributed by atoms with Gasteiger partial charge >= 0.3 is 0 Å². The van der Waals surface area contributed by atoms with E-state index >= 15 is 0 Å². The van der Waals surface area contributed by atoms with Gasteiger partial charge in [0.05, 0.1) is 6.04 Å². The highest BCUT2D eigenvalue weighted by molar-refractivity contribution is 7.12. The summed E-state index contributed by atoms with van der Waals surface area (Å²) in [6.07, 6.45) is 1.03. The van der Waals surface area contributed by atoms with Gasteiger partial charge in [-0.3, -0.25) is 0 Å². The van der Waals surface area contributed by atoms with Crippen LogP contribution in [-0.4, -0.2) is 6.54 Å². The Bertz CT molecular complexity index is 594. The van der Waals surface area contributed by atoms with Crippen LogP contribution in [0.1, 0.15) is 40.8 Å². The number of thiophene rings is 1. The summed E-state index contributed by atoms with van der Waals surface area (Å²) in [6.45, 7) is 6.80. The molecule has 1 unspecified atom stereocenters. The Morgan fingerprint density at radius 3 is 2.65 bits per heavy atom. The molecule has 1 aromatic heterocycles. The Labute approximate surface area is 128 Å². The maximum absolute atomic E-state index is 13.6. The molecule has 0 saturated carbocycles. The molecule has 0 fully saturated rings. The molecule has 0 spiro atoms. The van der Waals surface area contributed by atoms with Gasteiger partial charge in [-0.05, 0) is 55.3 Å². The molecule has 1 aromatic carbocycles. The summed E-state index contributed by atoms with van der Waals surface area (Å²) in [5, 5.41) is 3.92. The van der Waals surface area contributed by atoms with E-state index in [4.69, 9.17) is 11.6 Å². The van der Waals surface area contributed by atoms with Crippen molar-refractivity contribution < 1.29 is 4.39 Å². The number of aryl methyl sites for hydroxylation is 2. The van der Waals surface area contributed by atoms with Gasteiger partial charge in [-0.25, -0.2) is 4.39 Å². The highest BCUT2D eigenvalue weighted by Gasteiger charge is 2.19. The monoisotopic (exact) mass is 311 g/mol. The first kappa shape index (κ1) is 15.5. The molecule has 2 aromatic rings. The molecule has 1 atom stereocenters. The fraction of sp³-hybridized carbons (Fsp3) is 0.375. The molecule has 0 radical (unpaired) electrons. The van der Waals surface area contributed by atoms with Crippen LogP contribution in [0.2, 0.25) is 5.02 Å². The third-order valence-corrected chi connectivity index (χ3v) is 4.93. The second-order valence-corrected chi connectivity index (χ2v) is 6.38. The second-order valence-electron chi connectivity index (χ2n) is 4.77. The zero-order valence-corrected chi connectivity index (χ0v) is 13.5. The topological polar surface area (TPSA) is 12.0 Å². The van der Waals surface area contributed by atoms with Crippen LogP contribution >= 0.6 is 22.9 Å². The number of rotatable bonds is 5. The molecular weight excluding hydrogens is 293 g/mol. The van der Waals surface area contributed by atoms with Crippen LogP contribution in [0.3, 0.4) is 0 Å². The third kappa shape index (κ3) is 3.22. The minimum atomic E-state index is -0.255. The van der Waals surface area contributed by atoms with Crippen LogP contribution in [-0.2, 0) is 6.42 Å². The van der Waals surface area contributed by atoms with E-state index < -0.39 is 0 Å². The van der Waals surface area contributed by atoms with Crippen molar-refractivity contribution in [1.82, 2.24) is 5.32 Å². The lowest BCUT2D eigenvalue weighted by molar-refractivity contribution is 0.609. The van der Waals surface area contributed by atoms with Gasteiger partial charge in [0.1, 0.15) is 5.82 Å². The minimum Gasteiger partial charge on any atom is -0.306 e. The first-order valence-electron chi connectivity index (χ1n) is 6.84. The first-order chi connectivity index (χ1) is 9.56. The molecule has 1 nitrogen and oxygen atoms in total. The average molecular weight is 312 g/mol. The standard InChI is InChI=1S/C16H19ClFNS/c1-4-11-6-7-15(20-11)16(19-5-2)12-8-10(3)14(18)9-13(12)17/h6-9,16,19H,4-5H2,1-3H3. The molecule has 0 aliphatic rings. The number of benzene rings is 1. The van der Waals surface area contributed by atoms with Gasteiger partial charge in [0, 0.05) is 14.8 Å². The molecule has 4 heteroatoms. The highest BCUT2D eigenvalue weighted by Crippen LogP contribution is 2.34. The molecule has 20 heavy (non-hydrogen) atoms. The summed E-state index contributed by atoms with van der Waals surface area (Å²) < 4.78 is 13.6. The molecular formula is C16H19ClFNS. The van der Waals surface area contributed by atoms with Gasteiger partial charge in [-0.15, -0.1) is 11.3 Å². The van der Waals surface area contributed by atoms with E-state index in [1.165, 1.54) is 15.8 Å². The second kappa shape index (κ2) is 6.70. The molecule has 0 saturated heterocycles. The fourth-order valence-electron chi connectivity index (χ4n) is 2.21. The maximum Gasteiger partial charge on any atom is 0.127 e. The Morgan fingerprint density at radius 1 is 1.30 bits per heavy atom. The quantitative estimate of drug-likeness (QED) is 0.809. The van der Waals surface area contributed by atoms with Gasteiger partial charge in [0.2, 0.25) is 0 Å². The van der Waals surface area contributed by atoms with Crippen molar-refractivity contribution >= 4 is 22.9 Å². The molecule has 0 aliphatic heterocycles. The lowest BCUT2D eigenvalue weighted by atomic mass is 10.0. The van der Waals surface area contributed by atoms with Crippen LogP contribution < -0.4 is 5.32 Å². The fourth-order valence-corrected chi connectivity index (χ4v) is 3.52. The Balaban J connectivity index is 2.45. The largest absolute Gasteiger partial charge is 0.306 e. The SMILES string of the molecule is CCNC(c1ccc(CC)s1)c1cc(C)c(F)cc1Cl. The lowest BCUT2D eigenvalue weighted by Crippen LogP contribution is -2.21. The minimum absolute atomic E-state index is 0.0251. The van der Waals surface area contributed by atoms with Crippen LogP contribution in [0.5, 0.6) is 0 Å². The zero-order chi connectivity index (χ0) is 14.7. The van der Waals surface area contributed by atoms with Crippen LogP contribution in [0.4, 0.5) is 4.39 Å². The summed E-state index contributed by atoms with van der Waals surface area (Å²) in [7, 11) is 0. The summed E-state index contributed by atoms with van der Waals surface area (Å²) >= 11 is 8.03. The van der Waals surface area contributed by atoms with Crippen molar-refractivity contribution in [3.63, 3.8) is 0 Å². The zero-order valence-electron chi connectivity index (χ0n) is 12.0. The first-order valence-corrected chi connectivity index (χ1v) is 8.03.